The van der Waals surface area contributed by atoms with Crippen molar-refractivity contribution in [3.8, 4) is 11.1 Å². The highest BCUT2D eigenvalue weighted by Gasteiger charge is 2.38. The third kappa shape index (κ3) is 5.32. The lowest BCUT2D eigenvalue weighted by Gasteiger charge is -2.38. The maximum Gasteiger partial charge on any atom is 0.407 e. The zero-order valence-corrected chi connectivity index (χ0v) is 20.1. The van der Waals surface area contributed by atoms with Crippen LogP contribution >= 0.6 is 0 Å². The Morgan fingerprint density at radius 1 is 1.06 bits per heavy atom. The predicted molar refractivity (Wildman–Crippen MR) is 130 cm³/mol. The van der Waals surface area contributed by atoms with E-state index < -0.39 is 30.1 Å². The number of hydrogen-bond acceptors (Lipinski definition) is 5. The molecule has 2 N–H and O–H groups in total. The molecule has 1 saturated heterocycles. The molecule has 2 amide bonds. The van der Waals surface area contributed by atoms with Gasteiger partial charge in [0.05, 0.1) is 0 Å². The van der Waals surface area contributed by atoms with Gasteiger partial charge in [-0.25, -0.2) is 9.59 Å². The number of methoxy groups -OCH3 is 1. The normalized spacial score (nSPS) is 20.0. The van der Waals surface area contributed by atoms with Crippen molar-refractivity contribution in [2.24, 2.45) is 5.92 Å². The lowest BCUT2D eigenvalue weighted by atomic mass is 9.93. The van der Waals surface area contributed by atoms with Crippen molar-refractivity contribution >= 4 is 18.0 Å². The molecule has 1 fully saturated rings. The fraction of sp³-hybridized carbons (Fsp3) is 0.444. The Balaban J connectivity index is 1.45. The third-order valence-corrected chi connectivity index (χ3v) is 6.93. The molecule has 1 aliphatic carbocycles. The molecule has 0 radical (unpaired) electrons. The second-order valence-corrected chi connectivity index (χ2v) is 9.33. The number of ether oxygens (including phenoxy) is 2. The van der Waals surface area contributed by atoms with Gasteiger partial charge >= 0.3 is 12.1 Å². The minimum Gasteiger partial charge on any atom is -0.480 e. The smallest absolute Gasteiger partial charge is 0.407 e. The number of nitrogens with zero attached hydrogens (tertiary/aromatic N) is 1. The fourth-order valence-corrected chi connectivity index (χ4v) is 5.13. The SMILES string of the molecule is COCCC(NC(=O)OCC1c2ccccc2-c2ccccc21)C(=O)N1CC(C)CCC1C(=O)O. The predicted octanol–water partition coefficient (Wildman–Crippen LogP) is 3.64. The van der Waals surface area contributed by atoms with Crippen LogP contribution in [-0.4, -0.2) is 66.9 Å². The molecule has 8 heteroatoms. The molecule has 2 aromatic rings. The monoisotopic (exact) mass is 480 g/mol. The third-order valence-electron chi connectivity index (χ3n) is 6.93. The number of aliphatic carboxylic acids is 1. The molecule has 3 atom stereocenters. The molecule has 0 spiro atoms. The zero-order valence-electron chi connectivity index (χ0n) is 20.1. The first-order valence-electron chi connectivity index (χ1n) is 12.0. The molecule has 2 aliphatic rings. The quantitative estimate of drug-likeness (QED) is 0.598. The van der Waals surface area contributed by atoms with Crippen LogP contribution in [0, 0.1) is 5.92 Å². The Morgan fingerprint density at radius 3 is 2.29 bits per heavy atom. The van der Waals surface area contributed by atoms with E-state index in [0.29, 0.717) is 13.0 Å². The average Bonchev–Trinajstić information content (AvgIpc) is 3.18. The van der Waals surface area contributed by atoms with Crippen LogP contribution in [0.3, 0.4) is 0 Å². The van der Waals surface area contributed by atoms with E-state index >= 15 is 0 Å². The number of carboxylic acids is 1. The van der Waals surface area contributed by atoms with Crippen molar-refractivity contribution < 1.29 is 29.0 Å². The number of benzene rings is 2. The summed E-state index contributed by atoms with van der Waals surface area (Å²) in [6.45, 7) is 2.69. The molecule has 0 aromatic heterocycles. The van der Waals surface area contributed by atoms with E-state index in [9.17, 15) is 19.5 Å². The van der Waals surface area contributed by atoms with E-state index in [0.717, 1.165) is 28.7 Å². The summed E-state index contributed by atoms with van der Waals surface area (Å²) in [4.78, 5) is 39.3. The number of likely N-dealkylation sites (tertiary alicyclic amines) is 1. The number of alkyl carbamates (subject to hydrolysis) is 1. The van der Waals surface area contributed by atoms with Gasteiger partial charge in [-0.1, -0.05) is 55.5 Å². The van der Waals surface area contributed by atoms with E-state index in [4.69, 9.17) is 9.47 Å². The highest BCUT2D eigenvalue weighted by Crippen LogP contribution is 2.44. The molecule has 1 aliphatic heterocycles. The van der Waals surface area contributed by atoms with Crippen molar-refractivity contribution in [2.45, 2.75) is 44.2 Å². The first-order chi connectivity index (χ1) is 16.9. The number of carbonyl (C=O) groups is 3. The Kier molecular flexibility index (Phi) is 7.70. The highest BCUT2D eigenvalue weighted by molar-refractivity contribution is 5.89. The van der Waals surface area contributed by atoms with Crippen molar-refractivity contribution in [3.63, 3.8) is 0 Å². The van der Waals surface area contributed by atoms with Crippen molar-refractivity contribution in [1.29, 1.82) is 0 Å². The van der Waals surface area contributed by atoms with Crippen LogP contribution in [-0.2, 0) is 19.1 Å². The van der Waals surface area contributed by atoms with Gasteiger partial charge < -0.3 is 24.8 Å². The van der Waals surface area contributed by atoms with Gasteiger partial charge in [0.25, 0.3) is 0 Å². The lowest BCUT2D eigenvalue weighted by Crippen LogP contribution is -2.57. The first-order valence-corrected chi connectivity index (χ1v) is 12.0. The van der Waals surface area contributed by atoms with Gasteiger partial charge in [-0.05, 0) is 41.0 Å². The first kappa shape index (κ1) is 24.7. The lowest BCUT2D eigenvalue weighted by molar-refractivity contribution is -0.154. The number of carboxylic acid groups (broad SMARTS) is 1. The maximum atomic E-state index is 13.3. The molecular weight excluding hydrogens is 448 g/mol. The van der Waals surface area contributed by atoms with Gasteiger partial charge in [0.1, 0.15) is 18.7 Å². The van der Waals surface area contributed by atoms with E-state index in [1.807, 2.05) is 43.3 Å². The second-order valence-electron chi connectivity index (χ2n) is 9.33. The minimum absolute atomic E-state index is 0.0967. The molecule has 35 heavy (non-hydrogen) atoms. The number of piperidine rings is 1. The second kappa shape index (κ2) is 10.9. The Morgan fingerprint density at radius 2 is 1.69 bits per heavy atom. The molecule has 2 aromatic carbocycles. The summed E-state index contributed by atoms with van der Waals surface area (Å²) in [6, 6.07) is 14.3. The maximum absolute atomic E-state index is 13.3. The minimum atomic E-state index is -1.03. The van der Waals surface area contributed by atoms with E-state index in [1.165, 1.54) is 12.0 Å². The summed E-state index contributed by atoms with van der Waals surface area (Å²) < 4.78 is 10.7. The largest absolute Gasteiger partial charge is 0.480 e. The topological polar surface area (TPSA) is 105 Å². The Labute approximate surface area is 205 Å². The fourth-order valence-electron chi connectivity index (χ4n) is 5.13. The summed E-state index contributed by atoms with van der Waals surface area (Å²) in [7, 11) is 1.51. The molecule has 4 rings (SSSR count). The molecule has 1 heterocycles. The van der Waals surface area contributed by atoms with Crippen LogP contribution in [0.1, 0.15) is 43.2 Å². The molecule has 3 unspecified atom stereocenters. The van der Waals surface area contributed by atoms with Crippen LogP contribution in [0.5, 0.6) is 0 Å². The van der Waals surface area contributed by atoms with E-state index in [2.05, 4.69) is 17.4 Å². The summed E-state index contributed by atoms with van der Waals surface area (Å²) in [5.41, 5.74) is 4.45. The van der Waals surface area contributed by atoms with E-state index in [-0.39, 0.29) is 31.5 Å². The van der Waals surface area contributed by atoms with Gasteiger partial charge in [0.15, 0.2) is 0 Å². The number of fused-ring (bicyclic) bond motifs is 3. The van der Waals surface area contributed by atoms with Crippen molar-refractivity contribution in [3.05, 3.63) is 59.7 Å². The summed E-state index contributed by atoms with van der Waals surface area (Å²) in [6.07, 6.45) is 0.641. The van der Waals surface area contributed by atoms with Gasteiger partial charge in [0.2, 0.25) is 5.91 Å². The Hall–Kier alpha value is -3.39. The Bertz CT molecular complexity index is 1040. The molecule has 186 valence electrons. The summed E-state index contributed by atoms with van der Waals surface area (Å²) >= 11 is 0. The van der Waals surface area contributed by atoms with Crippen molar-refractivity contribution in [1.82, 2.24) is 10.2 Å². The molecule has 0 saturated carbocycles. The summed E-state index contributed by atoms with van der Waals surface area (Å²) in [5.74, 6) is -1.36. The van der Waals surface area contributed by atoms with Gasteiger partial charge in [-0.3, -0.25) is 4.79 Å². The van der Waals surface area contributed by atoms with Crippen LogP contribution < -0.4 is 5.32 Å². The van der Waals surface area contributed by atoms with E-state index in [1.54, 1.807) is 0 Å². The average molecular weight is 481 g/mol. The standard InChI is InChI=1S/C27H32N2O6/c1-17-11-12-24(26(31)32)29(15-17)25(30)23(13-14-34-2)28-27(33)35-16-22-20-9-5-3-7-18(20)19-8-4-6-10-21(19)22/h3-10,17,22-24H,11-16H2,1-2H3,(H,28,33)(H,31,32). The number of amides is 2. The van der Waals surface area contributed by atoms with Gasteiger partial charge in [-0.2, -0.15) is 0 Å². The number of hydrogen-bond donors (Lipinski definition) is 2. The number of nitrogens with one attached hydrogen (secondary N) is 1. The molecule has 0 bridgehead atoms. The van der Waals surface area contributed by atoms with Crippen LogP contribution in [0.25, 0.3) is 11.1 Å². The van der Waals surface area contributed by atoms with Crippen LogP contribution in [0.4, 0.5) is 4.79 Å². The number of carbonyl (C=O) groups excluding carboxylic acids is 2. The summed E-state index contributed by atoms with van der Waals surface area (Å²) in [5, 5.41) is 12.3. The zero-order chi connectivity index (χ0) is 24.9. The van der Waals surface area contributed by atoms with Crippen LogP contribution in [0.2, 0.25) is 0 Å². The molecule has 8 nitrogen and oxygen atoms in total. The van der Waals surface area contributed by atoms with Gasteiger partial charge in [-0.15, -0.1) is 0 Å². The molecular formula is C27H32N2O6. The number of rotatable bonds is 8. The van der Waals surface area contributed by atoms with Crippen LogP contribution in [0.15, 0.2) is 48.5 Å². The van der Waals surface area contributed by atoms with Gasteiger partial charge in [0, 0.05) is 32.6 Å². The van der Waals surface area contributed by atoms with Crippen molar-refractivity contribution in [2.75, 3.05) is 26.9 Å². The highest BCUT2D eigenvalue weighted by atomic mass is 16.5.